The topological polar surface area (TPSA) is 92.8 Å². The third kappa shape index (κ3) is 1.84. The number of hydrogen-bond donors (Lipinski definition) is 3. The maximum Gasteiger partial charge on any atom is 0.356 e. The number of carboxylic acid groups (broad SMARTS) is 1. The molecule has 0 saturated carbocycles. The summed E-state index contributed by atoms with van der Waals surface area (Å²) in [7, 11) is 1.44. The predicted molar refractivity (Wildman–Crippen MR) is 48.7 cm³/mol. The molecule has 14 heavy (non-hydrogen) atoms. The zero-order chi connectivity index (χ0) is 10.8. The van der Waals surface area contributed by atoms with Crippen LogP contribution in [0.1, 0.15) is 5.56 Å². The molecule has 1 rings (SSSR count). The molecular formula is C9H11NO4. The van der Waals surface area contributed by atoms with Crippen LogP contribution in [0.2, 0.25) is 0 Å². The van der Waals surface area contributed by atoms with Gasteiger partial charge in [0.25, 0.3) is 0 Å². The van der Waals surface area contributed by atoms with Gasteiger partial charge in [0.2, 0.25) is 5.72 Å². The van der Waals surface area contributed by atoms with Gasteiger partial charge in [-0.05, 0) is 12.1 Å². The van der Waals surface area contributed by atoms with Crippen LogP contribution in [0.25, 0.3) is 0 Å². The molecule has 1 atom stereocenters. The molecule has 0 aliphatic carbocycles. The van der Waals surface area contributed by atoms with Gasteiger partial charge in [0.1, 0.15) is 5.75 Å². The summed E-state index contributed by atoms with van der Waals surface area (Å²) in [5.74, 6) is -1.07. The molecule has 0 heterocycles. The van der Waals surface area contributed by atoms with Gasteiger partial charge in [-0.25, -0.2) is 4.79 Å². The van der Waals surface area contributed by atoms with Gasteiger partial charge in [0, 0.05) is 5.56 Å². The van der Waals surface area contributed by atoms with E-state index >= 15 is 0 Å². The van der Waals surface area contributed by atoms with E-state index in [0.29, 0.717) is 5.75 Å². The van der Waals surface area contributed by atoms with Crippen molar-refractivity contribution in [2.24, 2.45) is 5.73 Å². The van der Waals surface area contributed by atoms with Crippen LogP contribution in [-0.4, -0.2) is 23.3 Å². The molecule has 0 amide bonds. The first kappa shape index (κ1) is 10.5. The van der Waals surface area contributed by atoms with Crippen molar-refractivity contribution in [2.75, 3.05) is 7.11 Å². The zero-order valence-electron chi connectivity index (χ0n) is 7.60. The van der Waals surface area contributed by atoms with Crippen LogP contribution in [0, 0.1) is 0 Å². The lowest BCUT2D eigenvalue weighted by molar-refractivity contribution is -0.159. The highest BCUT2D eigenvalue weighted by atomic mass is 16.5. The van der Waals surface area contributed by atoms with E-state index in [9.17, 15) is 9.90 Å². The Labute approximate surface area is 80.7 Å². The van der Waals surface area contributed by atoms with E-state index in [1.165, 1.54) is 19.2 Å². The summed E-state index contributed by atoms with van der Waals surface area (Å²) in [5, 5.41) is 18.0. The summed E-state index contributed by atoms with van der Waals surface area (Å²) in [5.41, 5.74) is 2.90. The quantitative estimate of drug-likeness (QED) is 0.587. The van der Waals surface area contributed by atoms with E-state index in [1.807, 2.05) is 0 Å². The minimum absolute atomic E-state index is 0.0735. The predicted octanol–water partition coefficient (Wildman–Crippen LogP) is -0.116. The lowest BCUT2D eigenvalue weighted by Gasteiger charge is -2.18. The molecule has 1 aromatic carbocycles. The highest BCUT2D eigenvalue weighted by Gasteiger charge is 2.33. The fourth-order valence-electron chi connectivity index (χ4n) is 0.984. The first-order valence-corrected chi connectivity index (χ1v) is 3.87. The standard InChI is InChI=1S/C9H11NO4/c1-14-7-4-2-3-6(5-7)9(10,13)8(11)12/h2-5,13H,10H2,1H3,(H,11,12). The summed E-state index contributed by atoms with van der Waals surface area (Å²) < 4.78 is 4.87. The van der Waals surface area contributed by atoms with Crippen LogP contribution >= 0.6 is 0 Å². The molecule has 5 heteroatoms. The van der Waals surface area contributed by atoms with Crippen molar-refractivity contribution in [1.82, 2.24) is 0 Å². The Morgan fingerprint density at radius 1 is 1.57 bits per heavy atom. The molecular weight excluding hydrogens is 186 g/mol. The largest absolute Gasteiger partial charge is 0.497 e. The molecule has 0 fully saturated rings. The number of hydrogen-bond acceptors (Lipinski definition) is 4. The van der Waals surface area contributed by atoms with Crippen LogP contribution in [0.15, 0.2) is 24.3 Å². The number of benzene rings is 1. The second kappa shape index (κ2) is 3.65. The number of nitrogens with two attached hydrogens (primary N) is 1. The fourth-order valence-corrected chi connectivity index (χ4v) is 0.984. The van der Waals surface area contributed by atoms with Gasteiger partial charge >= 0.3 is 5.97 Å². The summed E-state index contributed by atoms with van der Waals surface area (Å²) in [6.07, 6.45) is 0. The second-order valence-electron chi connectivity index (χ2n) is 2.80. The van der Waals surface area contributed by atoms with E-state index in [0.717, 1.165) is 0 Å². The number of aliphatic carboxylic acids is 1. The number of ether oxygens (including phenoxy) is 1. The molecule has 1 aromatic rings. The number of aliphatic hydroxyl groups is 1. The average molecular weight is 197 g/mol. The first-order valence-electron chi connectivity index (χ1n) is 3.87. The van der Waals surface area contributed by atoms with Crippen molar-refractivity contribution in [3.05, 3.63) is 29.8 Å². The lowest BCUT2D eigenvalue weighted by Crippen LogP contribution is -2.44. The number of methoxy groups -OCH3 is 1. The normalized spacial score (nSPS) is 14.5. The molecule has 0 spiro atoms. The smallest absolute Gasteiger partial charge is 0.356 e. The third-order valence-electron chi connectivity index (χ3n) is 1.84. The molecule has 1 unspecified atom stereocenters. The second-order valence-corrected chi connectivity index (χ2v) is 2.80. The Hall–Kier alpha value is -1.59. The average Bonchev–Trinajstić information content (AvgIpc) is 2.17. The molecule has 0 saturated heterocycles. The molecule has 76 valence electrons. The van der Waals surface area contributed by atoms with Gasteiger partial charge in [0.05, 0.1) is 7.11 Å². The van der Waals surface area contributed by atoms with Gasteiger partial charge < -0.3 is 14.9 Å². The van der Waals surface area contributed by atoms with E-state index < -0.39 is 11.7 Å². The summed E-state index contributed by atoms with van der Waals surface area (Å²) >= 11 is 0. The molecule has 4 N–H and O–H groups in total. The zero-order valence-corrected chi connectivity index (χ0v) is 7.60. The Morgan fingerprint density at radius 2 is 2.21 bits per heavy atom. The van der Waals surface area contributed by atoms with Crippen LogP contribution < -0.4 is 10.5 Å². The Morgan fingerprint density at radius 3 is 2.71 bits per heavy atom. The van der Waals surface area contributed by atoms with Crippen LogP contribution in [0.4, 0.5) is 0 Å². The van der Waals surface area contributed by atoms with Gasteiger partial charge in [-0.2, -0.15) is 0 Å². The van der Waals surface area contributed by atoms with Gasteiger partial charge in [-0.3, -0.25) is 5.73 Å². The Balaban J connectivity index is 3.12. The Bertz CT molecular complexity index is 348. The number of rotatable bonds is 3. The summed E-state index contributed by atoms with van der Waals surface area (Å²) in [6, 6.07) is 5.96. The highest BCUT2D eigenvalue weighted by molar-refractivity contribution is 5.78. The maximum atomic E-state index is 10.6. The van der Waals surface area contributed by atoms with Crippen LogP contribution in [0.5, 0.6) is 5.75 Å². The molecule has 0 aromatic heterocycles. The molecule has 0 aliphatic heterocycles. The van der Waals surface area contributed by atoms with Crippen molar-refractivity contribution in [2.45, 2.75) is 5.72 Å². The van der Waals surface area contributed by atoms with Crippen LogP contribution in [-0.2, 0) is 10.5 Å². The summed E-state index contributed by atoms with van der Waals surface area (Å²) in [6.45, 7) is 0. The minimum Gasteiger partial charge on any atom is -0.497 e. The fraction of sp³-hybridized carbons (Fsp3) is 0.222. The lowest BCUT2D eigenvalue weighted by atomic mass is 10.0. The van der Waals surface area contributed by atoms with Gasteiger partial charge in [-0.1, -0.05) is 12.1 Å². The molecule has 0 bridgehead atoms. The van der Waals surface area contributed by atoms with Crippen molar-refractivity contribution < 1.29 is 19.7 Å². The molecule has 0 radical (unpaired) electrons. The SMILES string of the molecule is COc1cccc(C(N)(O)C(=O)O)c1. The van der Waals surface area contributed by atoms with Crippen molar-refractivity contribution in [3.63, 3.8) is 0 Å². The highest BCUT2D eigenvalue weighted by Crippen LogP contribution is 2.20. The third-order valence-corrected chi connectivity index (χ3v) is 1.84. The summed E-state index contributed by atoms with van der Waals surface area (Å²) in [4.78, 5) is 10.6. The molecule has 0 aliphatic rings. The van der Waals surface area contributed by atoms with E-state index in [-0.39, 0.29) is 5.56 Å². The van der Waals surface area contributed by atoms with E-state index in [1.54, 1.807) is 12.1 Å². The van der Waals surface area contributed by atoms with E-state index in [4.69, 9.17) is 15.6 Å². The first-order chi connectivity index (χ1) is 6.48. The maximum absolute atomic E-state index is 10.6. The van der Waals surface area contributed by atoms with Crippen molar-refractivity contribution in [3.8, 4) is 5.75 Å². The number of carbonyl (C=O) groups is 1. The van der Waals surface area contributed by atoms with Crippen molar-refractivity contribution >= 4 is 5.97 Å². The van der Waals surface area contributed by atoms with Gasteiger partial charge in [-0.15, -0.1) is 0 Å². The van der Waals surface area contributed by atoms with Gasteiger partial charge in [0.15, 0.2) is 0 Å². The van der Waals surface area contributed by atoms with Crippen LogP contribution in [0.3, 0.4) is 0 Å². The molecule has 5 nitrogen and oxygen atoms in total. The minimum atomic E-state index is -2.38. The monoisotopic (exact) mass is 197 g/mol. The van der Waals surface area contributed by atoms with E-state index in [2.05, 4.69) is 0 Å². The Kier molecular flexibility index (Phi) is 2.73. The number of carboxylic acids is 1. The van der Waals surface area contributed by atoms with Crippen molar-refractivity contribution in [1.29, 1.82) is 0 Å².